The minimum Gasteiger partial charge on any atom is -0.338 e. The standard InChI is InChI=1S/C11H15ClN2OS/c1-7-4-3-5-14(6-7)10(15)9-8(2)13-11(12)16-9/h7H,3-6H2,1-2H3. The van der Waals surface area contributed by atoms with Crippen LogP contribution in [-0.2, 0) is 0 Å². The molecule has 0 bridgehead atoms. The van der Waals surface area contributed by atoms with Crippen LogP contribution in [0.2, 0.25) is 4.47 Å². The fourth-order valence-corrected chi connectivity index (χ4v) is 3.20. The van der Waals surface area contributed by atoms with E-state index in [2.05, 4.69) is 11.9 Å². The maximum absolute atomic E-state index is 12.2. The molecule has 1 aliphatic heterocycles. The van der Waals surface area contributed by atoms with Gasteiger partial charge >= 0.3 is 0 Å². The second kappa shape index (κ2) is 4.72. The Morgan fingerprint density at radius 3 is 2.94 bits per heavy atom. The lowest BCUT2D eigenvalue weighted by Crippen LogP contribution is -2.39. The molecule has 88 valence electrons. The average Bonchev–Trinajstić information content (AvgIpc) is 2.57. The lowest BCUT2D eigenvalue weighted by molar-refractivity contribution is 0.0687. The predicted molar refractivity (Wildman–Crippen MR) is 66.2 cm³/mol. The summed E-state index contributed by atoms with van der Waals surface area (Å²) < 4.78 is 0.450. The lowest BCUT2D eigenvalue weighted by Gasteiger charge is -2.30. The molecule has 1 fully saturated rings. The number of carbonyl (C=O) groups excluding carboxylic acids is 1. The van der Waals surface area contributed by atoms with Gasteiger partial charge in [-0.25, -0.2) is 4.98 Å². The van der Waals surface area contributed by atoms with Gasteiger partial charge in [0.15, 0.2) is 4.47 Å². The fourth-order valence-electron chi connectivity index (χ4n) is 2.08. The van der Waals surface area contributed by atoms with Gasteiger partial charge in [-0.3, -0.25) is 4.79 Å². The summed E-state index contributed by atoms with van der Waals surface area (Å²) in [5.74, 6) is 0.690. The SMILES string of the molecule is Cc1nc(Cl)sc1C(=O)N1CCCC(C)C1. The van der Waals surface area contributed by atoms with Gasteiger partial charge < -0.3 is 4.90 Å². The van der Waals surface area contributed by atoms with Crippen molar-refractivity contribution < 1.29 is 4.79 Å². The normalized spacial score (nSPS) is 21.2. The Morgan fingerprint density at radius 2 is 2.38 bits per heavy atom. The van der Waals surface area contributed by atoms with Crippen LogP contribution in [0.3, 0.4) is 0 Å². The minimum absolute atomic E-state index is 0.0912. The molecule has 1 unspecified atom stereocenters. The summed E-state index contributed by atoms with van der Waals surface area (Å²) in [7, 11) is 0. The quantitative estimate of drug-likeness (QED) is 0.776. The largest absolute Gasteiger partial charge is 0.338 e. The maximum Gasteiger partial charge on any atom is 0.265 e. The van der Waals surface area contributed by atoms with E-state index in [0.29, 0.717) is 15.3 Å². The van der Waals surface area contributed by atoms with E-state index in [1.54, 1.807) is 0 Å². The first-order valence-electron chi connectivity index (χ1n) is 5.50. The number of nitrogens with zero attached hydrogens (tertiary/aromatic N) is 2. The molecule has 0 aliphatic carbocycles. The molecule has 1 aromatic rings. The number of hydrogen-bond acceptors (Lipinski definition) is 3. The average molecular weight is 259 g/mol. The van der Waals surface area contributed by atoms with Crippen LogP contribution in [0.15, 0.2) is 0 Å². The highest BCUT2D eigenvalue weighted by Crippen LogP contribution is 2.25. The zero-order valence-corrected chi connectivity index (χ0v) is 11.1. The van der Waals surface area contributed by atoms with Gasteiger partial charge in [0.25, 0.3) is 5.91 Å². The lowest BCUT2D eigenvalue weighted by atomic mass is 10.0. The van der Waals surface area contributed by atoms with Gasteiger partial charge in [0.1, 0.15) is 4.88 Å². The Hall–Kier alpha value is -0.610. The van der Waals surface area contributed by atoms with Crippen LogP contribution in [0.1, 0.15) is 35.1 Å². The molecule has 1 aliphatic rings. The fraction of sp³-hybridized carbons (Fsp3) is 0.636. The second-order valence-corrected chi connectivity index (χ2v) is 5.96. The van der Waals surface area contributed by atoms with Crippen LogP contribution in [0.25, 0.3) is 0 Å². The van der Waals surface area contributed by atoms with Gasteiger partial charge in [-0.2, -0.15) is 0 Å². The molecular weight excluding hydrogens is 244 g/mol. The molecule has 16 heavy (non-hydrogen) atoms. The van der Waals surface area contributed by atoms with Crippen molar-refractivity contribution in [3.05, 3.63) is 15.0 Å². The van der Waals surface area contributed by atoms with Gasteiger partial charge in [0, 0.05) is 13.1 Å². The highest BCUT2D eigenvalue weighted by Gasteiger charge is 2.25. The summed E-state index contributed by atoms with van der Waals surface area (Å²) in [6.45, 7) is 5.74. The number of aryl methyl sites for hydroxylation is 1. The van der Waals surface area contributed by atoms with E-state index in [0.717, 1.165) is 25.2 Å². The maximum atomic E-state index is 12.2. The molecule has 2 heterocycles. The monoisotopic (exact) mass is 258 g/mol. The molecule has 0 aromatic carbocycles. The molecule has 1 atom stereocenters. The zero-order chi connectivity index (χ0) is 11.7. The Kier molecular flexibility index (Phi) is 3.50. The van der Waals surface area contributed by atoms with Crippen LogP contribution in [0.5, 0.6) is 0 Å². The second-order valence-electron chi connectivity index (χ2n) is 4.38. The van der Waals surface area contributed by atoms with Crippen molar-refractivity contribution in [1.82, 2.24) is 9.88 Å². The first kappa shape index (κ1) is 11.9. The van der Waals surface area contributed by atoms with Crippen molar-refractivity contribution in [2.75, 3.05) is 13.1 Å². The summed E-state index contributed by atoms with van der Waals surface area (Å²) in [4.78, 5) is 18.9. The van der Waals surface area contributed by atoms with Crippen molar-refractivity contribution in [3.63, 3.8) is 0 Å². The van der Waals surface area contributed by atoms with Gasteiger partial charge in [0.05, 0.1) is 5.69 Å². The number of thiazole rings is 1. The number of aromatic nitrogens is 1. The van der Waals surface area contributed by atoms with E-state index in [9.17, 15) is 4.79 Å². The third-order valence-corrected chi connectivity index (χ3v) is 4.16. The Labute approximate surface area is 104 Å². The Balaban J connectivity index is 2.15. The van der Waals surface area contributed by atoms with Crippen LogP contribution in [0, 0.1) is 12.8 Å². The molecule has 1 aromatic heterocycles. The van der Waals surface area contributed by atoms with E-state index >= 15 is 0 Å². The third-order valence-electron chi connectivity index (χ3n) is 2.91. The first-order valence-corrected chi connectivity index (χ1v) is 6.69. The highest BCUT2D eigenvalue weighted by molar-refractivity contribution is 7.17. The first-order chi connectivity index (χ1) is 7.58. The van der Waals surface area contributed by atoms with E-state index < -0.39 is 0 Å². The van der Waals surface area contributed by atoms with Gasteiger partial charge in [-0.1, -0.05) is 29.9 Å². The predicted octanol–water partition coefficient (Wildman–Crippen LogP) is 2.98. The number of hydrogen-bond donors (Lipinski definition) is 0. The third kappa shape index (κ3) is 2.38. The number of amides is 1. The smallest absolute Gasteiger partial charge is 0.265 e. The number of likely N-dealkylation sites (tertiary alicyclic amines) is 1. The summed E-state index contributed by atoms with van der Waals surface area (Å²) >= 11 is 7.09. The van der Waals surface area contributed by atoms with Gasteiger partial charge in [0.2, 0.25) is 0 Å². The van der Waals surface area contributed by atoms with Crippen LogP contribution in [0.4, 0.5) is 0 Å². The molecule has 3 nitrogen and oxygen atoms in total. The van der Waals surface area contributed by atoms with Crippen molar-refractivity contribution in [1.29, 1.82) is 0 Å². The molecule has 0 saturated carbocycles. The number of carbonyl (C=O) groups is 1. The van der Waals surface area contributed by atoms with Crippen LogP contribution >= 0.6 is 22.9 Å². The Morgan fingerprint density at radius 1 is 1.62 bits per heavy atom. The molecule has 0 N–H and O–H groups in total. The van der Waals surface area contributed by atoms with E-state index in [1.807, 2.05) is 11.8 Å². The number of rotatable bonds is 1. The molecule has 0 radical (unpaired) electrons. The van der Waals surface area contributed by atoms with Crippen molar-refractivity contribution in [3.8, 4) is 0 Å². The molecule has 1 saturated heterocycles. The van der Waals surface area contributed by atoms with E-state index in [-0.39, 0.29) is 5.91 Å². The van der Waals surface area contributed by atoms with E-state index in [1.165, 1.54) is 17.8 Å². The Bertz CT molecular complexity index is 405. The molecule has 2 rings (SSSR count). The molecule has 1 amide bonds. The summed E-state index contributed by atoms with van der Waals surface area (Å²) in [6, 6.07) is 0. The molecule has 0 spiro atoms. The van der Waals surface area contributed by atoms with Gasteiger partial charge in [-0.05, 0) is 25.7 Å². The highest BCUT2D eigenvalue weighted by atomic mass is 35.5. The number of halogens is 1. The van der Waals surface area contributed by atoms with Crippen LogP contribution in [-0.4, -0.2) is 28.9 Å². The van der Waals surface area contributed by atoms with Crippen LogP contribution < -0.4 is 0 Å². The molecule has 5 heteroatoms. The topological polar surface area (TPSA) is 33.2 Å². The number of piperidine rings is 1. The zero-order valence-electron chi connectivity index (χ0n) is 9.49. The summed E-state index contributed by atoms with van der Waals surface area (Å²) in [5.41, 5.74) is 0.748. The summed E-state index contributed by atoms with van der Waals surface area (Å²) in [6.07, 6.45) is 2.31. The van der Waals surface area contributed by atoms with Crippen molar-refractivity contribution in [2.45, 2.75) is 26.7 Å². The van der Waals surface area contributed by atoms with Crippen molar-refractivity contribution in [2.24, 2.45) is 5.92 Å². The van der Waals surface area contributed by atoms with Crippen molar-refractivity contribution >= 4 is 28.8 Å². The van der Waals surface area contributed by atoms with Gasteiger partial charge in [-0.15, -0.1) is 0 Å². The minimum atomic E-state index is 0.0912. The summed E-state index contributed by atoms with van der Waals surface area (Å²) in [5, 5.41) is 0. The molecular formula is C11H15ClN2OS. The van der Waals surface area contributed by atoms with E-state index in [4.69, 9.17) is 11.6 Å².